The highest BCUT2D eigenvalue weighted by Crippen LogP contribution is 2.28. The second-order valence-electron chi connectivity index (χ2n) is 5.46. The van der Waals surface area contributed by atoms with Crippen LogP contribution in [0.3, 0.4) is 0 Å². The van der Waals surface area contributed by atoms with Crippen LogP contribution in [0.1, 0.15) is 51.9 Å². The Bertz CT molecular complexity index is 215. The van der Waals surface area contributed by atoms with E-state index in [0.717, 1.165) is 25.9 Å². The molecule has 0 radical (unpaired) electrons. The van der Waals surface area contributed by atoms with E-state index in [2.05, 4.69) is 12.2 Å². The predicted molar refractivity (Wildman–Crippen MR) is 87.2 cm³/mol. The fourth-order valence-electron chi connectivity index (χ4n) is 2.70. The zero-order valence-electron chi connectivity index (χ0n) is 14.5. The topological polar surface area (TPSA) is 65.7 Å². The molecular weight excluding hydrogens is 268 g/mol. The lowest BCUT2D eigenvalue weighted by Gasteiger charge is -2.36. The summed E-state index contributed by atoms with van der Waals surface area (Å²) in [7, 11) is 4.89. The maximum absolute atomic E-state index is 5.53. The van der Waals surface area contributed by atoms with E-state index in [-0.39, 0.29) is 5.92 Å². The van der Waals surface area contributed by atoms with Gasteiger partial charge in [0.1, 0.15) is 0 Å². The van der Waals surface area contributed by atoms with Crippen LogP contribution in [-0.2, 0) is 14.2 Å². The van der Waals surface area contributed by atoms with Crippen molar-refractivity contribution in [3.05, 3.63) is 0 Å². The molecule has 21 heavy (non-hydrogen) atoms. The second kappa shape index (κ2) is 13.5. The van der Waals surface area contributed by atoms with E-state index in [1.165, 1.54) is 32.1 Å². The van der Waals surface area contributed by atoms with Crippen LogP contribution in [0, 0.1) is 5.92 Å². The van der Waals surface area contributed by atoms with Gasteiger partial charge in [-0.3, -0.25) is 0 Å². The molecule has 0 aromatic carbocycles. The molecule has 5 heteroatoms. The Kier molecular flexibility index (Phi) is 13.3. The van der Waals surface area contributed by atoms with Crippen LogP contribution in [0.15, 0.2) is 0 Å². The third kappa shape index (κ3) is 8.12. The quantitative estimate of drug-likeness (QED) is 0.359. The maximum atomic E-state index is 5.53. The number of hydrogen-bond donors (Lipinski definition) is 2. The molecule has 128 valence electrons. The summed E-state index contributed by atoms with van der Waals surface area (Å²) in [6, 6.07) is 0. The summed E-state index contributed by atoms with van der Waals surface area (Å²) < 4.78 is 16.5. The fourth-order valence-corrected chi connectivity index (χ4v) is 2.70. The minimum Gasteiger partial charge on any atom is -0.331 e. The molecule has 0 heterocycles. The molecule has 0 fully saturated rings. The molecule has 0 spiro atoms. The van der Waals surface area contributed by atoms with Gasteiger partial charge in [0.05, 0.1) is 5.92 Å². The average molecular weight is 304 g/mol. The minimum absolute atomic E-state index is 0.148. The molecular formula is C16H36N2O3. The Morgan fingerprint density at radius 2 is 1.52 bits per heavy atom. The van der Waals surface area contributed by atoms with Crippen LogP contribution < -0.4 is 11.1 Å². The third-order valence-corrected chi connectivity index (χ3v) is 3.97. The lowest BCUT2D eigenvalue weighted by molar-refractivity contribution is -0.378. The first-order chi connectivity index (χ1) is 10.2. The SMILES string of the molecule is CCCCCCCCC(CNCCN)C(OC)(OC)OC. The van der Waals surface area contributed by atoms with E-state index in [4.69, 9.17) is 19.9 Å². The Balaban J connectivity index is 4.30. The van der Waals surface area contributed by atoms with Crippen molar-refractivity contribution in [1.82, 2.24) is 5.32 Å². The number of hydrogen-bond acceptors (Lipinski definition) is 5. The van der Waals surface area contributed by atoms with Crippen molar-refractivity contribution < 1.29 is 14.2 Å². The van der Waals surface area contributed by atoms with Crippen molar-refractivity contribution in [2.45, 2.75) is 57.8 Å². The molecule has 0 aliphatic carbocycles. The molecule has 0 amide bonds. The highest BCUT2D eigenvalue weighted by Gasteiger charge is 2.39. The molecule has 0 rings (SSSR count). The molecule has 0 aromatic heterocycles. The van der Waals surface area contributed by atoms with E-state index < -0.39 is 5.97 Å². The Labute approximate surface area is 130 Å². The van der Waals surface area contributed by atoms with Crippen LogP contribution in [-0.4, -0.2) is 46.9 Å². The van der Waals surface area contributed by atoms with Crippen molar-refractivity contribution in [1.29, 1.82) is 0 Å². The number of nitrogens with one attached hydrogen (secondary N) is 1. The van der Waals surface area contributed by atoms with Crippen molar-refractivity contribution in [3.8, 4) is 0 Å². The summed E-state index contributed by atoms with van der Waals surface area (Å²) in [5.41, 5.74) is 5.53. The molecule has 0 saturated carbocycles. The van der Waals surface area contributed by atoms with Gasteiger partial charge < -0.3 is 25.3 Å². The van der Waals surface area contributed by atoms with Gasteiger partial charge in [0.15, 0.2) is 0 Å². The van der Waals surface area contributed by atoms with Crippen molar-refractivity contribution in [3.63, 3.8) is 0 Å². The third-order valence-electron chi connectivity index (χ3n) is 3.97. The molecule has 0 saturated heterocycles. The molecule has 0 aliphatic heterocycles. The number of rotatable bonds is 15. The fraction of sp³-hybridized carbons (Fsp3) is 1.00. The number of unbranched alkanes of at least 4 members (excludes halogenated alkanes) is 5. The summed E-state index contributed by atoms with van der Waals surface area (Å²) in [6.45, 7) is 4.44. The van der Waals surface area contributed by atoms with Gasteiger partial charge in [-0.1, -0.05) is 45.4 Å². The predicted octanol–water partition coefficient (Wildman–Crippen LogP) is 2.49. The zero-order chi connectivity index (χ0) is 16.0. The number of ether oxygens (including phenoxy) is 3. The zero-order valence-corrected chi connectivity index (χ0v) is 14.5. The van der Waals surface area contributed by atoms with Crippen LogP contribution in [0.25, 0.3) is 0 Å². The lowest BCUT2D eigenvalue weighted by atomic mass is 9.97. The molecule has 3 N–H and O–H groups in total. The number of methoxy groups -OCH3 is 3. The second-order valence-corrected chi connectivity index (χ2v) is 5.46. The van der Waals surface area contributed by atoms with Gasteiger partial charge in [0.25, 0.3) is 5.97 Å². The van der Waals surface area contributed by atoms with Crippen LogP contribution in [0.4, 0.5) is 0 Å². The van der Waals surface area contributed by atoms with E-state index in [1.54, 1.807) is 21.3 Å². The van der Waals surface area contributed by atoms with E-state index in [0.29, 0.717) is 6.54 Å². The van der Waals surface area contributed by atoms with Gasteiger partial charge in [-0.15, -0.1) is 0 Å². The van der Waals surface area contributed by atoms with Gasteiger partial charge in [0, 0.05) is 41.0 Å². The van der Waals surface area contributed by atoms with Gasteiger partial charge in [-0.2, -0.15) is 0 Å². The Hall–Kier alpha value is -0.200. The average Bonchev–Trinajstić information content (AvgIpc) is 2.52. The molecule has 5 nitrogen and oxygen atoms in total. The summed E-state index contributed by atoms with van der Waals surface area (Å²) in [4.78, 5) is 0. The normalized spacial score (nSPS) is 13.6. The smallest absolute Gasteiger partial charge is 0.286 e. The van der Waals surface area contributed by atoms with Crippen LogP contribution in [0.5, 0.6) is 0 Å². The van der Waals surface area contributed by atoms with Gasteiger partial charge in [-0.25, -0.2) is 0 Å². The lowest BCUT2D eigenvalue weighted by Crippen LogP contribution is -2.48. The monoisotopic (exact) mass is 304 g/mol. The summed E-state index contributed by atoms with van der Waals surface area (Å²) in [5, 5.41) is 3.34. The highest BCUT2D eigenvalue weighted by molar-refractivity contribution is 4.74. The first-order valence-electron chi connectivity index (χ1n) is 8.26. The summed E-state index contributed by atoms with van der Waals surface area (Å²) in [5.74, 6) is -0.819. The molecule has 0 bridgehead atoms. The van der Waals surface area contributed by atoms with Crippen molar-refractivity contribution >= 4 is 0 Å². The van der Waals surface area contributed by atoms with E-state index >= 15 is 0 Å². The standard InChI is InChI=1S/C16H36N2O3/c1-5-6-7-8-9-10-11-15(14-18-13-12-17)16(19-2,20-3)21-4/h15,18H,5-14,17H2,1-4H3. The van der Waals surface area contributed by atoms with Crippen LogP contribution >= 0.6 is 0 Å². The van der Waals surface area contributed by atoms with E-state index in [9.17, 15) is 0 Å². The number of nitrogens with two attached hydrogens (primary N) is 1. The summed E-state index contributed by atoms with van der Waals surface area (Å²) >= 11 is 0. The molecule has 0 aromatic rings. The maximum Gasteiger partial charge on any atom is 0.286 e. The first kappa shape index (κ1) is 20.8. The van der Waals surface area contributed by atoms with Crippen molar-refractivity contribution in [2.75, 3.05) is 41.0 Å². The van der Waals surface area contributed by atoms with Crippen molar-refractivity contribution in [2.24, 2.45) is 11.7 Å². The largest absolute Gasteiger partial charge is 0.331 e. The highest BCUT2D eigenvalue weighted by atomic mass is 16.9. The first-order valence-corrected chi connectivity index (χ1v) is 8.26. The Morgan fingerprint density at radius 3 is 2.05 bits per heavy atom. The van der Waals surface area contributed by atoms with Gasteiger partial charge >= 0.3 is 0 Å². The minimum atomic E-state index is -0.967. The summed E-state index contributed by atoms with van der Waals surface area (Å²) in [6.07, 6.45) is 8.68. The van der Waals surface area contributed by atoms with Crippen LogP contribution in [0.2, 0.25) is 0 Å². The van der Waals surface area contributed by atoms with E-state index in [1.807, 2.05) is 0 Å². The molecule has 0 aliphatic rings. The molecule has 1 unspecified atom stereocenters. The van der Waals surface area contributed by atoms with Gasteiger partial charge in [-0.05, 0) is 6.42 Å². The molecule has 1 atom stereocenters. The Morgan fingerprint density at radius 1 is 0.952 bits per heavy atom. The van der Waals surface area contributed by atoms with Gasteiger partial charge in [0.2, 0.25) is 0 Å².